The minimum atomic E-state index is 0.129. The fraction of sp³-hybridized carbons (Fsp3) is 0. The molecule has 0 aliphatic heterocycles. The minimum absolute atomic E-state index is 0.129. The van der Waals surface area contributed by atoms with Crippen molar-refractivity contribution in [3.8, 4) is 16.8 Å². The molecule has 10 aromatic rings. The molecule has 3 N–H and O–H groups in total. The SMILES string of the molecule is N=C(/N=C(\N)c1ccc(-n2c3ccccc3c3cc4ccccc4cc32)c(-c2c3ccccc3cc3sc4ccccc4c23)c1)c1ccccc1. The molecule has 0 spiro atoms. The lowest BCUT2D eigenvalue weighted by atomic mass is 9.91. The Morgan fingerprint density at radius 3 is 2.02 bits per heavy atom. The van der Waals surface area contributed by atoms with Gasteiger partial charge in [0.1, 0.15) is 5.84 Å². The number of aliphatic imine (C=N–C) groups is 1. The average molecular weight is 671 g/mol. The van der Waals surface area contributed by atoms with Gasteiger partial charge in [-0.1, -0.05) is 115 Å². The zero-order valence-electron chi connectivity index (χ0n) is 27.5. The molecule has 8 aromatic carbocycles. The number of fused-ring (bicyclic) bond motifs is 8. The lowest BCUT2D eigenvalue weighted by Gasteiger charge is -2.19. The molecule has 5 heteroatoms. The summed E-state index contributed by atoms with van der Waals surface area (Å²) in [5.41, 5.74) is 13.8. The number of hydrogen-bond donors (Lipinski definition) is 2. The van der Waals surface area contributed by atoms with Crippen LogP contribution >= 0.6 is 11.3 Å². The smallest absolute Gasteiger partial charge is 0.154 e. The predicted octanol–water partition coefficient (Wildman–Crippen LogP) is 11.9. The van der Waals surface area contributed by atoms with Crippen LogP contribution in [0.25, 0.3) is 80.3 Å². The Balaban J connectivity index is 1.34. The van der Waals surface area contributed by atoms with Crippen LogP contribution in [-0.2, 0) is 0 Å². The van der Waals surface area contributed by atoms with Crippen molar-refractivity contribution in [1.29, 1.82) is 5.41 Å². The second-order valence-corrected chi connectivity index (χ2v) is 14.0. The molecule has 2 heterocycles. The van der Waals surface area contributed by atoms with Gasteiger partial charge >= 0.3 is 0 Å². The summed E-state index contributed by atoms with van der Waals surface area (Å²) < 4.78 is 4.90. The van der Waals surface area contributed by atoms with E-state index in [0.717, 1.165) is 39.0 Å². The number of nitrogens with zero attached hydrogens (tertiary/aromatic N) is 2. The van der Waals surface area contributed by atoms with E-state index < -0.39 is 0 Å². The number of rotatable bonds is 4. The zero-order chi connectivity index (χ0) is 34.1. The molecule has 4 nitrogen and oxygen atoms in total. The molecule has 0 aliphatic carbocycles. The van der Waals surface area contributed by atoms with Gasteiger partial charge in [-0.05, 0) is 70.1 Å². The molecule has 0 unspecified atom stereocenters. The summed E-state index contributed by atoms with van der Waals surface area (Å²) in [4.78, 5) is 4.62. The van der Waals surface area contributed by atoms with Crippen LogP contribution < -0.4 is 5.73 Å². The number of nitrogens with two attached hydrogens (primary N) is 1. The second kappa shape index (κ2) is 11.5. The van der Waals surface area contributed by atoms with E-state index in [1.807, 2.05) is 47.7 Å². The van der Waals surface area contributed by atoms with Crippen molar-refractivity contribution in [2.45, 2.75) is 0 Å². The Labute approximate surface area is 297 Å². The van der Waals surface area contributed by atoms with Crippen molar-refractivity contribution < 1.29 is 0 Å². The molecule has 0 radical (unpaired) electrons. The molecule has 2 aromatic heterocycles. The Hall–Kier alpha value is -6.56. The van der Waals surface area contributed by atoms with Crippen LogP contribution in [0, 0.1) is 5.41 Å². The maximum absolute atomic E-state index is 8.74. The first-order valence-electron chi connectivity index (χ1n) is 17.0. The van der Waals surface area contributed by atoms with Gasteiger partial charge in [0.05, 0.1) is 16.7 Å². The Morgan fingerprint density at radius 1 is 0.529 bits per heavy atom. The summed E-state index contributed by atoms with van der Waals surface area (Å²) in [7, 11) is 0. The Morgan fingerprint density at radius 2 is 1.20 bits per heavy atom. The zero-order valence-corrected chi connectivity index (χ0v) is 28.3. The molecule has 0 saturated carbocycles. The third kappa shape index (κ3) is 4.67. The molecule has 0 amide bonds. The van der Waals surface area contributed by atoms with Crippen molar-refractivity contribution >= 4 is 86.5 Å². The first-order valence-corrected chi connectivity index (χ1v) is 17.8. The highest BCUT2D eigenvalue weighted by Gasteiger charge is 2.22. The van der Waals surface area contributed by atoms with Gasteiger partial charge in [0, 0.05) is 53.2 Å². The molecule has 0 aliphatic rings. The van der Waals surface area contributed by atoms with Gasteiger partial charge < -0.3 is 10.3 Å². The second-order valence-electron chi connectivity index (χ2n) is 13.0. The van der Waals surface area contributed by atoms with Gasteiger partial charge in [-0.15, -0.1) is 11.3 Å². The van der Waals surface area contributed by atoms with E-state index in [-0.39, 0.29) is 5.84 Å². The molecular formula is C46H30N4S. The first kappa shape index (κ1) is 29.4. The van der Waals surface area contributed by atoms with E-state index in [2.05, 4.69) is 137 Å². The summed E-state index contributed by atoms with van der Waals surface area (Å²) in [6.45, 7) is 0. The number of thiophene rings is 1. The maximum Gasteiger partial charge on any atom is 0.154 e. The van der Waals surface area contributed by atoms with E-state index in [9.17, 15) is 0 Å². The van der Waals surface area contributed by atoms with E-state index in [4.69, 9.17) is 11.1 Å². The van der Waals surface area contributed by atoms with Crippen LogP contribution in [0.5, 0.6) is 0 Å². The van der Waals surface area contributed by atoms with E-state index in [1.54, 1.807) is 0 Å². The summed E-state index contributed by atoms with van der Waals surface area (Å²) in [6, 6.07) is 57.5. The molecular weight excluding hydrogens is 641 g/mol. The Bertz CT molecular complexity index is 3060. The van der Waals surface area contributed by atoms with Gasteiger partial charge in [0.2, 0.25) is 0 Å². The Kier molecular flexibility index (Phi) is 6.63. The molecule has 0 atom stereocenters. The monoisotopic (exact) mass is 670 g/mol. The molecule has 0 fully saturated rings. The number of benzene rings is 8. The lowest BCUT2D eigenvalue weighted by Crippen LogP contribution is -2.16. The summed E-state index contributed by atoms with van der Waals surface area (Å²) >= 11 is 1.83. The number of aromatic nitrogens is 1. The van der Waals surface area contributed by atoms with E-state index >= 15 is 0 Å². The van der Waals surface area contributed by atoms with Crippen LogP contribution in [0.15, 0.2) is 169 Å². The fourth-order valence-corrected chi connectivity index (χ4v) is 8.84. The van der Waals surface area contributed by atoms with Crippen LogP contribution in [0.4, 0.5) is 0 Å². The van der Waals surface area contributed by atoms with Crippen molar-refractivity contribution in [1.82, 2.24) is 4.57 Å². The molecule has 0 bridgehead atoms. The third-order valence-corrected chi connectivity index (χ3v) is 11.1. The van der Waals surface area contributed by atoms with Gasteiger partial charge in [0.25, 0.3) is 0 Å². The third-order valence-electron chi connectivity index (χ3n) is 10.0. The normalized spacial score (nSPS) is 12.2. The van der Waals surface area contributed by atoms with Crippen LogP contribution in [0.1, 0.15) is 11.1 Å². The summed E-state index contributed by atoms with van der Waals surface area (Å²) in [6.07, 6.45) is 0. The largest absolute Gasteiger partial charge is 0.383 e. The average Bonchev–Trinajstić information content (AvgIpc) is 3.71. The highest BCUT2D eigenvalue weighted by atomic mass is 32.1. The molecule has 51 heavy (non-hydrogen) atoms. The standard InChI is InChI=1S/C46H30N4S/c47-45(28-12-2-1-3-13-28)49-46(48)32-22-23-39(50-38-20-10-8-18-34(38)36-24-29-14-4-5-15-30(29)26-40(36)50)37(25-32)43-33-17-7-6-16-31(33)27-42-44(43)35-19-9-11-21-41(35)51-42/h1-27H,(H3,47,48,49). The molecule has 240 valence electrons. The van der Waals surface area contributed by atoms with Crippen molar-refractivity contribution in [2.75, 3.05) is 0 Å². The topological polar surface area (TPSA) is 67.2 Å². The fourth-order valence-electron chi connectivity index (χ4n) is 7.68. The van der Waals surface area contributed by atoms with Gasteiger partial charge in [-0.3, -0.25) is 5.41 Å². The molecule has 0 saturated heterocycles. The van der Waals surface area contributed by atoms with Crippen molar-refractivity contribution in [3.63, 3.8) is 0 Å². The van der Waals surface area contributed by atoms with Crippen molar-refractivity contribution in [3.05, 3.63) is 175 Å². The highest BCUT2D eigenvalue weighted by molar-refractivity contribution is 7.26. The lowest BCUT2D eigenvalue weighted by molar-refractivity contribution is 1.18. The summed E-state index contributed by atoms with van der Waals surface area (Å²) in [5, 5.41) is 18.4. The van der Waals surface area contributed by atoms with Gasteiger partial charge in [0.15, 0.2) is 5.84 Å². The number of para-hydroxylation sites is 1. The summed E-state index contributed by atoms with van der Waals surface area (Å²) in [5.74, 6) is 0.431. The van der Waals surface area contributed by atoms with Crippen LogP contribution in [-0.4, -0.2) is 16.2 Å². The van der Waals surface area contributed by atoms with Gasteiger partial charge in [-0.2, -0.15) is 0 Å². The number of nitrogens with one attached hydrogen (secondary N) is 1. The maximum atomic E-state index is 8.74. The van der Waals surface area contributed by atoms with E-state index in [0.29, 0.717) is 5.84 Å². The number of hydrogen-bond acceptors (Lipinski definition) is 2. The minimum Gasteiger partial charge on any atom is -0.383 e. The van der Waals surface area contributed by atoms with Crippen LogP contribution in [0.2, 0.25) is 0 Å². The van der Waals surface area contributed by atoms with Crippen LogP contribution in [0.3, 0.4) is 0 Å². The molecule has 10 rings (SSSR count). The quantitative estimate of drug-likeness (QED) is 0.142. The number of amidine groups is 2. The highest BCUT2D eigenvalue weighted by Crippen LogP contribution is 2.47. The van der Waals surface area contributed by atoms with Crippen molar-refractivity contribution in [2.24, 2.45) is 10.7 Å². The van der Waals surface area contributed by atoms with E-state index in [1.165, 1.54) is 52.5 Å². The van der Waals surface area contributed by atoms with Gasteiger partial charge in [-0.25, -0.2) is 4.99 Å². The predicted molar refractivity (Wildman–Crippen MR) is 218 cm³/mol. The first-order chi connectivity index (χ1) is 25.1.